The molecule has 0 radical (unpaired) electrons. The fourth-order valence-electron chi connectivity index (χ4n) is 3.85. The van der Waals surface area contributed by atoms with Gasteiger partial charge >= 0.3 is 0 Å². The van der Waals surface area contributed by atoms with Crippen LogP contribution in [0.5, 0.6) is 0 Å². The van der Waals surface area contributed by atoms with Gasteiger partial charge in [-0.15, -0.1) is 0 Å². The number of hydrogen-bond donors (Lipinski definition) is 3. The van der Waals surface area contributed by atoms with Crippen LogP contribution in [0.3, 0.4) is 0 Å². The summed E-state index contributed by atoms with van der Waals surface area (Å²) < 4.78 is 1.79. The highest BCUT2D eigenvalue weighted by Gasteiger charge is 2.24. The normalized spacial score (nSPS) is 17.3. The Morgan fingerprint density at radius 2 is 2.17 bits per heavy atom. The molecule has 1 aliphatic rings. The molecule has 3 N–H and O–H groups in total. The second-order valence-corrected chi connectivity index (χ2v) is 8.93. The smallest absolute Gasteiger partial charge is 0.239 e. The highest BCUT2D eigenvalue weighted by Crippen LogP contribution is 2.25. The first-order valence-corrected chi connectivity index (χ1v) is 10.4. The van der Waals surface area contributed by atoms with Gasteiger partial charge in [-0.3, -0.25) is 9.48 Å². The lowest BCUT2D eigenvalue weighted by molar-refractivity contribution is -0.120. The van der Waals surface area contributed by atoms with Gasteiger partial charge in [0.15, 0.2) is 0 Å². The molecular weight excluding hydrogens is 380 g/mol. The molecule has 3 aromatic rings. The SMILES string of the molecule is Cn1nc(C(C)(C)C)cc1NCC(=O)N[C@@H]1CCCN(c2ncnc3[nH]ccc23)C1. The number of fused-ring (bicyclic) bond motifs is 1. The van der Waals surface area contributed by atoms with Crippen molar-refractivity contribution in [1.82, 2.24) is 30.0 Å². The quantitative estimate of drug-likeness (QED) is 0.596. The van der Waals surface area contributed by atoms with Crippen LogP contribution in [0.2, 0.25) is 0 Å². The maximum absolute atomic E-state index is 12.6. The van der Waals surface area contributed by atoms with Crippen molar-refractivity contribution in [1.29, 1.82) is 0 Å². The third kappa shape index (κ3) is 4.24. The van der Waals surface area contributed by atoms with Gasteiger partial charge in [-0.05, 0) is 18.9 Å². The lowest BCUT2D eigenvalue weighted by Gasteiger charge is -2.34. The average molecular weight is 411 g/mol. The van der Waals surface area contributed by atoms with Crippen LogP contribution in [0, 0.1) is 0 Å². The van der Waals surface area contributed by atoms with Gasteiger partial charge in [0.2, 0.25) is 5.91 Å². The Morgan fingerprint density at radius 3 is 2.93 bits per heavy atom. The first-order valence-electron chi connectivity index (χ1n) is 10.4. The Labute approximate surface area is 176 Å². The summed E-state index contributed by atoms with van der Waals surface area (Å²) in [5, 5.41) is 11.9. The number of aromatic nitrogens is 5. The Kier molecular flexibility index (Phi) is 5.36. The van der Waals surface area contributed by atoms with E-state index >= 15 is 0 Å². The molecule has 160 valence electrons. The van der Waals surface area contributed by atoms with Crippen LogP contribution in [0.15, 0.2) is 24.7 Å². The first kappa shape index (κ1) is 20.2. The number of aryl methyl sites for hydroxylation is 1. The van der Waals surface area contributed by atoms with Crippen molar-refractivity contribution in [3.8, 4) is 0 Å². The van der Waals surface area contributed by atoms with E-state index < -0.39 is 0 Å². The fraction of sp³-hybridized carbons (Fsp3) is 0.524. The van der Waals surface area contributed by atoms with Crippen molar-refractivity contribution < 1.29 is 4.79 Å². The summed E-state index contributed by atoms with van der Waals surface area (Å²) in [4.78, 5) is 26.7. The van der Waals surface area contributed by atoms with Crippen molar-refractivity contribution in [3.63, 3.8) is 0 Å². The summed E-state index contributed by atoms with van der Waals surface area (Å²) in [5.41, 5.74) is 1.80. The Bertz CT molecular complexity index is 1030. The standard InChI is InChI=1S/C21H30N8O/c1-21(2,3)16-10-17(28(4)27-16)23-11-18(30)26-14-6-5-9-29(12-14)20-15-7-8-22-19(15)24-13-25-20/h7-8,10,13-14,23H,5-6,9,11-12H2,1-4H3,(H,26,30)(H,22,24,25)/t14-/m1/s1. The third-order valence-electron chi connectivity index (χ3n) is 5.50. The Hall–Kier alpha value is -3.10. The number of carbonyl (C=O) groups is 1. The lowest BCUT2D eigenvalue weighted by Crippen LogP contribution is -2.49. The van der Waals surface area contributed by atoms with Crippen LogP contribution in [-0.4, -0.2) is 56.3 Å². The van der Waals surface area contributed by atoms with Gasteiger partial charge in [0.05, 0.1) is 17.6 Å². The maximum Gasteiger partial charge on any atom is 0.239 e. The zero-order valence-corrected chi connectivity index (χ0v) is 18.1. The van der Waals surface area contributed by atoms with E-state index in [0.29, 0.717) is 0 Å². The molecule has 1 fully saturated rings. The molecule has 1 saturated heterocycles. The number of anilines is 2. The van der Waals surface area contributed by atoms with Gasteiger partial charge in [-0.2, -0.15) is 5.10 Å². The largest absolute Gasteiger partial charge is 0.361 e. The highest BCUT2D eigenvalue weighted by molar-refractivity contribution is 5.87. The molecule has 1 amide bonds. The number of amides is 1. The van der Waals surface area contributed by atoms with Gasteiger partial charge in [-0.1, -0.05) is 20.8 Å². The topological polar surface area (TPSA) is 104 Å². The minimum absolute atomic E-state index is 0.0187. The Balaban J connectivity index is 1.35. The van der Waals surface area contributed by atoms with Gasteiger partial charge in [0, 0.05) is 43.9 Å². The molecule has 1 aliphatic heterocycles. The van der Waals surface area contributed by atoms with E-state index in [9.17, 15) is 4.79 Å². The molecule has 30 heavy (non-hydrogen) atoms. The first-order chi connectivity index (χ1) is 14.3. The van der Waals surface area contributed by atoms with Gasteiger partial charge in [0.1, 0.15) is 23.6 Å². The maximum atomic E-state index is 12.6. The number of aromatic amines is 1. The van der Waals surface area contributed by atoms with E-state index in [2.05, 4.69) is 56.4 Å². The van der Waals surface area contributed by atoms with Crippen molar-refractivity contribution in [2.24, 2.45) is 7.05 Å². The van der Waals surface area contributed by atoms with Crippen LogP contribution in [0.1, 0.15) is 39.3 Å². The third-order valence-corrected chi connectivity index (χ3v) is 5.50. The predicted octanol–water partition coefficient (Wildman–Crippen LogP) is 2.19. The van der Waals surface area contributed by atoms with Crippen molar-refractivity contribution in [2.45, 2.75) is 45.1 Å². The number of H-pyrrole nitrogens is 1. The second-order valence-electron chi connectivity index (χ2n) is 8.93. The molecule has 0 aliphatic carbocycles. The molecule has 3 aromatic heterocycles. The number of nitrogens with zero attached hydrogens (tertiary/aromatic N) is 5. The van der Waals surface area contributed by atoms with E-state index in [-0.39, 0.29) is 23.9 Å². The monoisotopic (exact) mass is 410 g/mol. The minimum atomic E-state index is -0.0304. The highest BCUT2D eigenvalue weighted by atomic mass is 16.2. The van der Waals surface area contributed by atoms with Crippen LogP contribution in [0.4, 0.5) is 11.6 Å². The summed E-state index contributed by atoms with van der Waals surface area (Å²) in [5.74, 6) is 1.74. The fourth-order valence-corrected chi connectivity index (χ4v) is 3.85. The summed E-state index contributed by atoms with van der Waals surface area (Å²) in [7, 11) is 1.89. The molecule has 1 atom stereocenters. The van der Waals surface area contributed by atoms with Crippen LogP contribution < -0.4 is 15.5 Å². The Morgan fingerprint density at radius 1 is 1.33 bits per heavy atom. The van der Waals surface area contributed by atoms with Gasteiger partial charge in [0.25, 0.3) is 0 Å². The molecule has 0 spiro atoms. The summed E-state index contributed by atoms with van der Waals surface area (Å²) in [6, 6.07) is 4.09. The van der Waals surface area contributed by atoms with Gasteiger partial charge < -0.3 is 20.5 Å². The molecule has 9 nitrogen and oxygen atoms in total. The van der Waals surface area contributed by atoms with E-state index in [4.69, 9.17) is 0 Å². The van der Waals surface area contributed by atoms with E-state index in [1.165, 1.54) is 0 Å². The number of piperidine rings is 1. The zero-order valence-electron chi connectivity index (χ0n) is 18.1. The van der Waals surface area contributed by atoms with Gasteiger partial charge in [-0.25, -0.2) is 9.97 Å². The molecule has 4 heterocycles. The molecule has 0 saturated carbocycles. The summed E-state index contributed by atoms with van der Waals surface area (Å²) in [6.45, 7) is 8.25. The van der Waals surface area contributed by atoms with E-state index in [1.54, 1.807) is 11.0 Å². The van der Waals surface area contributed by atoms with E-state index in [1.807, 2.05) is 25.4 Å². The van der Waals surface area contributed by atoms with Crippen molar-refractivity contribution in [3.05, 3.63) is 30.4 Å². The van der Waals surface area contributed by atoms with Crippen LogP contribution >= 0.6 is 0 Å². The second kappa shape index (κ2) is 7.97. The van der Waals surface area contributed by atoms with Crippen LogP contribution in [0.25, 0.3) is 11.0 Å². The summed E-state index contributed by atoms with van der Waals surface area (Å²) in [6.07, 6.45) is 5.43. The van der Waals surface area contributed by atoms with Crippen molar-refractivity contribution >= 4 is 28.6 Å². The minimum Gasteiger partial charge on any atom is -0.361 e. The lowest BCUT2D eigenvalue weighted by atomic mass is 9.92. The number of hydrogen-bond acceptors (Lipinski definition) is 6. The number of rotatable bonds is 5. The molecular formula is C21H30N8O. The molecule has 0 bridgehead atoms. The predicted molar refractivity (Wildman–Crippen MR) is 118 cm³/mol. The molecule has 4 rings (SSSR count). The van der Waals surface area contributed by atoms with Crippen LogP contribution in [-0.2, 0) is 17.3 Å². The molecule has 0 aromatic carbocycles. The zero-order chi connectivity index (χ0) is 21.3. The summed E-state index contributed by atoms with van der Waals surface area (Å²) >= 11 is 0. The number of nitrogens with one attached hydrogen (secondary N) is 3. The number of carbonyl (C=O) groups excluding carboxylic acids is 1. The van der Waals surface area contributed by atoms with Crippen molar-refractivity contribution in [2.75, 3.05) is 29.9 Å². The van der Waals surface area contributed by atoms with E-state index in [0.717, 1.165) is 54.3 Å². The molecule has 9 heteroatoms. The average Bonchev–Trinajstić information content (AvgIpc) is 3.32. The molecule has 0 unspecified atom stereocenters.